The van der Waals surface area contributed by atoms with Crippen molar-refractivity contribution >= 4 is 5.78 Å². The number of aryl methyl sites for hydroxylation is 1. The predicted octanol–water partition coefficient (Wildman–Crippen LogP) is 4.86. The quantitative estimate of drug-likeness (QED) is 0.449. The van der Waals surface area contributed by atoms with Crippen LogP contribution >= 0.6 is 0 Å². The number of aromatic nitrogens is 3. The van der Waals surface area contributed by atoms with Gasteiger partial charge in [-0.3, -0.25) is 9.78 Å². The Bertz CT molecular complexity index is 1130. The van der Waals surface area contributed by atoms with Crippen LogP contribution in [0.5, 0.6) is 0 Å². The minimum Gasteiger partial charge on any atom is -0.294 e. The van der Waals surface area contributed by atoms with Crippen molar-refractivity contribution in [1.82, 2.24) is 15.0 Å². The Hall–Kier alpha value is -3.66. The van der Waals surface area contributed by atoms with Crippen molar-refractivity contribution in [3.63, 3.8) is 0 Å². The van der Waals surface area contributed by atoms with Crippen molar-refractivity contribution in [2.24, 2.45) is 0 Å². The number of benzene rings is 2. The Labute approximate surface area is 170 Å². The Kier molecular flexibility index (Phi) is 5.52. The first-order chi connectivity index (χ1) is 14.2. The van der Waals surface area contributed by atoms with E-state index in [0.29, 0.717) is 12.8 Å². The molecule has 0 radical (unpaired) electrons. The van der Waals surface area contributed by atoms with Gasteiger partial charge in [0.15, 0.2) is 5.78 Å². The molecular formula is C25H21N3O. The number of carbonyl (C=O) groups is 1. The van der Waals surface area contributed by atoms with Gasteiger partial charge in [-0.25, -0.2) is 9.97 Å². The van der Waals surface area contributed by atoms with Crippen molar-refractivity contribution in [3.8, 4) is 11.3 Å². The number of carbonyl (C=O) groups excluding carboxylic acids is 1. The molecule has 0 unspecified atom stereocenters. The minimum absolute atomic E-state index is 0.121. The van der Waals surface area contributed by atoms with E-state index in [0.717, 1.165) is 39.3 Å². The summed E-state index contributed by atoms with van der Waals surface area (Å²) in [5, 5.41) is 0. The van der Waals surface area contributed by atoms with Crippen molar-refractivity contribution < 1.29 is 4.79 Å². The molecule has 2 aromatic heterocycles. The second kappa shape index (κ2) is 8.57. The van der Waals surface area contributed by atoms with Gasteiger partial charge in [-0.05, 0) is 41.8 Å². The van der Waals surface area contributed by atoms with Gasteiger partial charge in [-0.1, -0.05) is 48.5 Å². The van der Waals surface area contributed by atoms with Gasteiger partial charge in [0, 0.05) is 42.6 Å². The molecule has 2 heterocycles. The minimum atomic E-state index is 0.121. The molecule has 0 spiro atoms. The van der Waals surface area contributed by atoms with Crippen LogP contribution in [0.4, 0.5) is 0 Å². The topological polar surface area (TPSA) is 55.7 Å². The molecule has 0 atom stereocenters. The molecule has 0 aliphatic carbocycles. The molecule has 4 aromatic rings. The standard InChI is InChI=1S/C25H21N3O/c1-18-9-10-19(15-24(29)20-6-3-2-4-7-20)14-22(18)16-25-27-13-11-23(28-25)21-8-5-12-26-17-21/h2-14,17H,15-16H2,1H3. The molecule has 4 nitrogen and oxygen atoms in total. The molecule has 0 N–H and O–H groups in total. The van der Waals surface area contributed by atoms with E-state index < -0.39 is 0 Å². The summed E-state index contributed by atoms with van der Waals surface area (Å²) in [6.45, 7) is 2.07. The highest BCUT2D eigenvalue weighted by Gasteiger charge is 2.10. The summed E-state index contributed by atoms with van der Waals surface area (Å²) in [5.74, 6) is 0.871. The molecule has 0 saturated heterocycles. The maximum absolute atomic E-state index is 12.5. The third-order valence-electron chi connectivity index (χ3n) is 4.89. The lowest BCUT2D eigenvalue weighted by Crippen LogP contribution is -2.05. The van der Waals surface area contributed by atoms with Crippen LogP contribution in [0.3, 0.4) is 0 Å². The van der Waals surface area contributed by atoms with E-state index in [1.807, 2.05) is 54.6 Å². The van der Waals surface area contributed by atoms with E-state index in [9.17, 15) is 4.79 Å². The van der Waals surface area contributed by atoms with E-state index in [2.05, 4.69) is 29.0 Å². The highest BCUT2D eigenvalue weighted by Crippen LogP contribution is 2.19. The average molecular weight is 379 g/mol. The summed E-state index contributed by atoms with van der Waals surface area (Å²) in [6.07, 6.45) is 6.33. The highest BCUT2D eigenvalue weighted by atomic mass is 16.1. The first kappa shape index (κ1) is 18.7. The SMILES string of the molecule is Cc1ccc(CC(=O)c2ccccc2)cc1Cc1nccc(-c2cccnc2)n1. The van der Waals surface area contributed by atoms with E-state index in [4.69, 9.17) is 4.98 Å². The van der Waals surface area contributed by atoms with Gasteiger partial charge >= 0.3 is 0 Å². The van der Waals surface area contributed by atoms with Crippen LogP contribution < -0.4 is 0 Å². The second-order valence-corrected chi connectivity index (χ2v) is 7.00. The Morgan fingerprint density at radius 1 is 0.931 bits per heavy atom. The fourth-order valence-corrected chi connectivity index (χ4v) is 3.27. The van der Waals surface area contributed by atoms with Crippen LogP contribution in [0.1, 0.15) is 32.9 Å². The number of ketones is 1. The number of rotatable bonds is 6. The third kappa shape index (κ3) is 4.61. The molecule has 0 aliphatic rings. The maximum atomic E-state index is 12.5. The van der Waals surface area contributed by atoms with E-state index in [1.54, 1.807) is 18.6 Å². The van der Waals surface area contributed by atoms with Crippen molar-refractivity contribution in [1.29, 1.82) is 0 Å². The monoisotopic (exact) mass is 379 g/mol. The first-order valence-corrected chi connectivity index (χ1v) is 9.58. The van der Waals surface area contributed by atoms with Gasteiger partial charge in [0.2, 0.25) is 0 Å². The number of hydrogen-bond acceptors (Lipinski definition) is 4. The number of Topliss-reactive ketones (excluding diaryl/α,β-unsaturated/α-hetero) is 1. The number of nitrogens with zero attached hydrogens (tertiary/aromatic N) is 3. The van der Waals surface area contributed by atoms with E-state index in [-0.39, 0.29) is 5.78 Å². The van der Waals surface area contributed by atoms with Gasteiger partial charge in [-0.2, -0.15) is 0 Å². The number of hydrogen-bond donors (Lipinski definition) is 0. The third-order valence-corrected chi connectivity index (χ3v) is 4.89. The zero-order valence-electron chi connectivity index (χ0n) is 16.2. The van der Waals surface area contributed by atoms with Crippen LogP contribution in [0.25, 0.3) is 11.3 Å². The van der Waals surface area contributed by atoms with Crippen LogP contribution in [0.2, 0.25) is 0 Å². The fourth-order valence-electron chi connectivity index (χ4n) is 3.27. The summed E-state index contributed by atoms with van der Waals surface area (Å²) in [5.41, 5.74) is 5.86. The van der Waals surface area contributed by atoms with Crippen LogP contribution in [0, 0.1) is 6.92 Å². The second-order valence-electron chi connectivity index (χ2n) is 7.00. The molecule has 142 valence electrons. The van der Waals surface area contributed by atoms with Gasteiger partial charge in [0.1, 0.15) is 5.82 Å². The predicted molar refractivity (Wildman–Crippen MR) is 114 cm³/mol. The smallest absolute Gasteiger partial charge is 0.167 e. The Morgan fingerprint density at radius 3 is 2.59 bits per heavy atom. The van der Waals surface area contributed by atoms with Crippen molar-refractivity contribution in [2.75, 3.05) is 0 Å². The zero-order chi connectivity index (χ0) is 20.1. The van der Waals surface area contributed by atoms with Crippen molar-refractivity contribution in [3.05, 3.63) is 113 Å². The average Bonchev–Trinajstić information content (AvgIpc) is 2.77. The lowest BCUT2D eigenvalue weighted by atomic mass is 9.97. The summed E-state index contributed by atoms with van der Waals surface area (Å²) < 4.78 is 0. The Morgan fingerprint density at radius 2 is 1.79 bits per heavy atom. The maximum Gasteiger partial charge on any atom is 0.167 e. The summed E-state index contributed by atoms with van der Waals surface area (Å²) >= 11 is 0. The molecule has 0 fully saturated rings. The van der Waals surface area contributed by atoms with Crippen LogP contribution in [-0.2, 0) is 12.8 Å². The van der Waals surface area contributed by atoms with E-state index >= 15 is 0 Å². The lowest BCUT2D eigenvalue weighted by Gasteiger charge is -2.09. The lowest BCUT2D eigenvalue weighted by molar-refractivity contribution is 0.0993. The van der Waals surface area contributed by atoms with Crippen molar-refractivity contribution in [2.45, 2.75) is 19.8 Å². The largest absolute Gasteiger partial charge is 0.294 e. The zero-order valence-corrected chi connectivity index (χ0v) is 16.2. The van der Waals surface area contributed by atoms with E-state index in [1.165, 1.54) is 0 Å². The summed E-state index contributed by atoms with van der Waals surface area (Å²) in [6, 6.07) is 21.4. The van der Waals surface area contributed by atoms with Crippen LogP contribution in [0.15, 0.2) is 85.3 Å². The summed E-state index contributed by atoms with van der Waals surface area (Å²) in [4.78, 5) is 25.8. The Balaban J connectivity index is 1.55. The van der Waals surface area contributed by atoms with Crippen LogP contribution in [-0.4, -0.2) is 20.7 Å². The highest BCUT2D eigenvalue weighted by molar-refractivity contribution is 5.97. The van der Waals surface area contributed by atoms with Gasteiger partial charge in [0.25, 0.3) is 0 Å². The molecule has 0 bridgehead atoms. The molecular weight excluding hydrogens is 358 g/mol. The molecule has 4 heteroatoms. The molecule has 0 aliphatic heterocycles. The number of pyridine rings is 1. The molecule has 0 saturated carbocycles. The fraction of sp³-hybridized carbons (Fsp3) is 0.120. The molecule has 0 amide bonds. The van der Waals surface area contributed by atoms with Gasteiger partial charge < -0.3 is 0 Å². The normalized spacial score (nSPS) is 10.7. The van der Waals surface area contributed by atoms with Gasteiger partial charge in [0.05, 0.1) is 5.69 Å². The molecule has 2 aromatic carbocycles. The molecule has 4 rings (SSSR count). The van der Waals surface area contributed by atoms with Gasteiger partial charge in [-0.15, -0.1) is 0 Å². The first-order valence-electron chi connectivity index (χ1n) is 9.58. The molecule has 29 heavy (non-hydrogen) atoms. The summed E-state index contributed by atoms with van der Waals surface area (Å²) in [7, 11) is 0.